The van der Waals surface area contributed by atoms with E-state index in [4.69, 9.17) is 5.73 Å². The number of nitrogens with two attached hydrogens (primary N) is 1. The number of aliphatic imine (C=N–C) groups is 1. The van der Waals surface area contributed by atoms with Gasteiger partial charge in [-0.25, -0.2) is 12.8 Å². The summed E-state index contributed by atoms with van der Waals surface area (Å²) >= 11 is 3.18. The van der Waals surface area contributed by atoms with Gasteiger partial charge in [0, 0.05) is 4.47 Å². The second-order valence-electron chi connectivity index (χ2n) is 5.46. The molecule has 1 atom stereocenters. The fourth-order valence-electron chi connectivity index (χ4n) is 2.55. The van der Waals surface area contributed by atoms with Crippen molar-refractivity contribution in [3.05, 3.63) is 46.7 Å². The van der Waals surface area contributed by atoms with Crippen LogP contribution in [0.3, 0.4) is 0 Å². The van der Waals surface area contributed by atoms with Gasteiger partial charge in [0.2, 0.25) is 0 Å². The Kier molecular flexibility index (Phi) is 5.07. The van der Waals surface area contributed by atoms with E-state index in [1.54, 1.807) is 19.1 Å². The molecular formula is C15H18BrFN2O2S. The van der Waals surface area contributed by atoms with Crippen LogP contribution in [0, 0.1) is 5.82 Å². The van der Waals surface area contributed by atoms with E-state index in [9.17, 15) is 12.8 Å². The molecule has 0 fully saturated rings. The molecule has 2 aliphatic rings. The van der Waals surface area contributed by atoms with E-state index < -0.39 is 14.6 Å². The van der Waals surface area contributed by atoms with Crippen LogP contribution in [0.2, 0.25) is 0 Å². The third kappa shape index (κ3) is 3.41. The summed E-state index contributed by atoms with van der Waals surface area (Å²) in [6.45, 7) is 1.78. The minimum Gasteiger partial charge on any atom is -0.386 e. The van der Waals surface area contributed by atoms with Crippen molar-refractivity contribution in [1.82, 2.24) is 0 Å². The number of hydrogen-bond donors (Lipinski definition) is 1. The summed E-state index contributed by atoms with van der Waals surface area (Å²) in [4.78, 5) is 4.19. The maximum atomic E-state index is 12.1. The van der Waals surface area contributed by atoms with Gasteiger partial charge in [-0.15, -0.1) is 0 Å². The van der Waals surface area contributed by atoms with Crippen molar-refractivity contribution in [2.24, 2.45) is 10.7 Å². The number of hydrogen-bond acceptors (Lipinski definition) is 4. The van der Waals surface area contributed by atoms with E-state index in [0.29, 0.717) is 18.7 Å². The lowest BCUT2D eigenvalue weighted by Crippen LogP contribution is -2.54. The predicted octanol–water partition coefficient (Wildman–Crippen LogP) is 2.84. The normalized spacial score (nSPS) is 24.5. The number of halogens is 2. The molecule has 2 N–H and O–H groups in total. The molecule has 0 bridgehead atoms. The molecule has 1 heterocycles. The fourth-order valence-corrected chi connectivity index (χ4v) is 4.92. The molecule has 1 aromatic carbocycles. The van der Waals surface area contributed by atoms with Crippen LogP contribution in [0.4, 0.5) is 4.39 Å². The zero-order valence-electron chi connectivity index (χ0n) is 12.2. The van der Waals surface area contributed by atoms with Crippen LogP contribution in [0.15, 0.2) is 45.9 Å². The maximum absolute atomic E-state index is 12.1. The number of amidine groups is 1. The van der Waals surface area contributed by atoms with Gasteiger partial charge in [0.15, 0.2) is 9.84 Å². The standard InChI is InChI=1S/C9H14N2O2S.C6H4BrF/c1-7-6-14(12,13)9(8(10)11-7)4-2-3-5-9;7-5-1-3-6(8)4-2-5/h2-3,7H,4-6H2,1H3,(H2,10,11);1-4H. The monoisotopic (exact) mass is 388 g/mol. The van der Waals surface area contributed by atoms with Gasteiger partial charge in [0.05, 0.1) is 11.8 Å². The number of rotatable bonds is 0. The molecule has 7 heteroatoms. The maximum Gasteiger partial charge on any atom is 0.165 e. The topological polar surface area (TPSA) is 72.5 Å². The summed E-state index contributed by atoms with van der Waals surface area (Å²) in [6.07, 6.45) is 4.71. The summed E-state index contributed by atoms with van der Waals surface area (Å²) in [6, 6.07) is 5.94. The first-order valence-corrected chi connectivity index (χ1v) is 9.33. The van der Waals surface area contributed by atoms with Crippen molar-refractivity contribution >= 4 is 31.6 Å². The highest BCUT2D eigenvalue weighted by Gasteiger charge is 2.50. The Morgan fingerprint density at radius 3 is 2.27 bits per heavy atom. The van der Waals surface area contributed by atoms with E-state index in [0.717, 1.165) is 4.47 Å². The van der Waals surface area contributed by atoms with E-state index >= 15 is 0 Å². The quantitative estimate of drug-likeness (QED) is 0.694. The largest absolute Gasteiger partial charge is 0.386 e. The van der Waals surface area contributed by atoms with E-state index in [-0.39, 0.29) is 17.6 Å². The van der Waals surface area contributed by atoms with Crippen LogP contribution >= 0.6 is 15.9 Å². The van der Waals surface area contributed by atoms with Crippen molar-refractivity contribution < 1.29 is 12.8 Å². The molecule has 0 radical (unpaired) electrons. The number of sulfone groups is 1. The molecule has 0 saturated carbocycles. The lowest BCUT2D eigenvalue weighted by Gasteiger charge is -2.33. The molecule has 1 aliphatic carbocycles. The number of benzene rings is 1. The highest BCUT2D eigenvalue weighted by Crippen LogP contribution is 2.36. The van der Waals surface area contributed by atoms with Gasteiger partial charge < -0.3 is 5.73 Å². The Balaban J connectivity index is 0.000000188. The zero-order valence-corrected chi connectivity index (χ0v) is 14.6. The molecule has 1 aliphatic heterocycles. The second kappa shape index (κ2) is 6.50. The molecule has 0 aromatic heterocycles. The Hall–Kier alpha value is -1.21. The van der Waals surface area contributed by atoms with Crippen LogP contribution < -0.4 is 5.73 Å². The van der Waals surface area contributed by atoms with Crippen LogP contribution in [-0.2, 0) is 9.84 Å². The van der Waals surface area contributed by atoms with Crippen molar-refractivity contribution in [1.29, 1.82) is 0 Å². The minimum atomic E-state index is -3.14. The van der Waals surface area contributed by atoms with Gasteiger partial charge in [-0.3, -0.25) is 4.99 Å². The summed E-state index contributed by atoms with van der Waals surface area (Å²) in [7, 11) is -3.14. The Labute approximate surface area is 138 Å². The average molecular weight is 389 g/mol. The summed E-state index contributed by atoms with van der Waals surface area (Å²) in [5.74, 6) is 0.213. The van der Waals surface area contributed by atoms with Gasteiger partial charge in [0.25, 0.3) is 0 Å². The first-order valence-electron chi connectivity index (χ1n) is 6.89. The molecule has 0 saturated heterocycles. The van der Waals surface area contributed by atoms with Crippen molar-refractivity contribution in [2.45, 2.75) is 30.6 Å². The Morgan fingerprint density at radius 1 is 1.27 bits per heavy atom. The summed E-state index contributed by atoms with van der Waals surface area (Å²) < 4.78 is 36.1. The number of allylic oxidation sites excluding steroid dienone is 2. The molecule has 1 unspecified atom stereocenters. The SMILES string of the molecule is CC1CS(=O)(=O)C2(CC=CC2)C(N)=N1.Fc1ccc(Br)cc1. The van der Waals surface area contributed by atoms with Gasteiger partial charge in [0.1, 0.15) is 16.4 Å². The lowest BCUT2D eigenvalue weighted by molar-refractivity contribution is 0.551. The van der Waals surface area contributed by atoms with Gasteiger partial charge in [-0.1, -0.05) is 28.1 Å². The second-order valence-corrected chi connectivity index (χ2v) is 8.72. The van der Waals surface area contributed by atoms with E-state index in [1.165, 1.54) is 12.1 Å². The highest BCUT2D eigenvalue weighted by molar-refractivity contribution is 9.10. The van der Waals surface area contributed by atoms with Gasteiger partial charge in [-0.2, -0.15) is 0 Å². The third-order valence-electron chi connectivity index (χ3n) is 3.75. The first kappa shape index (κ1) is 17.1. The zero-order chi connectivity index (χ0) is 16.4. The van der Waals surface area contributed by atoms with Crippen LogP contribution in [0.5, 0.6) is 0 Å². The average Bonchev–Trinajstić information content (AvgIpc) is 2.92. The van der Waals surface area contributed by atoms with Gasteiger partial charge >= 0.3 is 0 Å². The van der Waals surface area contributed by atoms with Crippen molar-refractivity contribution in [2.75, 3.05) is 5.75 Å². The van der Waals surface area contributed by atoms with E-state index in [1.807, 2.05) is 12.2 Å². The molecule has 120 valence electrons. The van der Waals surface area contributed by atoms with Crippen LogP contribution in [-0.4, -0.2) is 30.8 Å². The summed E-state index contributed by atoms with van der Waals surface area (Å²) in [5.41, 5.74) is 5.77. The fraction of sp³-hybridized carbons (Fsp3) is 0.400. The molecule has 1 spiro atoms. The van der Waals surface area contributed by atoms with Crippen molar-refractivity contribution in [3.8, 4) is 0 Å². The van der Waals surface area contributed by atoms with Crippen LogP contribution in [0.25, 0.3) is 0 Å². The van der Waals surface area contributed by atoms with Crippen LogP contribution in [0.1, 0.15) is 19.8 Å². The van der Waals surface area contributed by atoms with E-state index in [2.05, 4.69) is 20.9 Å². The molecule has 1 aromatic rings. The first-order chi connectivity index (χ1) is 10.3. The smallest absolute Gasteiger partial charge is 0.165 e. The molecular weight excluding hydrogens is 371 g/mol. The molecule has 3 rings (SSSR count). The predicted molar refractivity (Wildman–Crippen MR) is 90.1 cm³/mol. The Bertz CT molecular complexity index is 670. The van der Waals surface area contributed by atoms with Crippen molar-refractivity contribution in [3.63, 3.8) is 0 Å². The van der Waals surface area contributed by atoms with Gasteiger partial charge in [-0.05, 0) is 44.0 Å². The summed E-state index contributed by atoms with van der Waals surface area (Å²) in [5, 5.41) is 0. The molecule has 4 nitrogen and oxygen atoms in total. The Morgan fingerprint density at radius 2 is 1.82 bits per heavy atom. The molecule has 22 heavy (non-hydrogen) atoms. The third-order valence-corrected chi connectivity index (χ3v) is 6.93. The number of nitrogens with zero attached hydrogens (tertiary/aromatic N) is 1. The lowest BCUT2D eigenvalue weighted by atomic mass is 10.0. The molecule has 0 amide bonds. The minimum absolute atomic E-state index is 0.120. The highest BCUT2D eigenvalue weighted by atomic mass is 79.9.